The van der Waals surface area contributed by atoms with Crippen molar-refractivity contribution in [2.75, 3.05) is 58.4 Å². The van der Waals surface area contributed by atoms with Crippen LogP contribution in [0.25, 0.3) is 11.6 Å². The Morgan fingerprint density at radius 1 is 1.21 bits per heavy atom. The number of methoxy groups -OCH3 is 1. The predicted octanol–water partition coefficient (Wildman–Crippen LogP) is 1.52. The lowest BCUT2D eigenvalue weighted by Gasteiger charge is -2.32. The number of hydrogen-bond acceptors (Lipinski definition) is 6. The minimum absolute atomic E-state index is 0.0846. The molecule has 1 atom stereocenters. The number of aromatic nitrogens is 1. The number of rotatable bonds is 6. The van der Waals surface area contributed by atoms with Gasteiger partial charge in [-0.2, -0.15) is 0 Å². The van der Waals surface area contributed by atoms with Crippen LogP contribution in [0.2, 0.25) is 0 Å². The molecule has 2 aromatic rings. The van der Waals surface area contributed by atoms with Crippen LogP contribution in [-0.4, -0.2) is 90.9 Å². The maximum atomic E-state index is 13.3. The Kier molecular flexibility index (Phi) is 6.16. The molecule has 4 heterocycles. The number of morpholine rings is 1. The minimum Gasteiger partial charge on any atom is -0.497 e. The molecule has 0 saturated carbocycles. The van der Waals surface area contributed by atoms with E-state index in [-0.39, 0.29) is 11.8 Å². The first-order valence-electron chi connectivity index (χ1n) is 11.6. The van der Waals surface area contributed by atoms with Crippen LogP contribution in [0.4, 0.5) is 5.69 Å². The van der Waals surface area contributed by atoms with Gasteiger partial charge in [-0.1, -0.05) is 0 Å². The fourth-order valence-electron chi connectivity index (χ4n) is 4.96. The molecule has 1 aromatic heterocycles. The second-order valence-corrected chi connectivity index (χ2v) is 9.01. The van der Waals surface area contributed by atoms with E-state index in [1.165, 1.54) is 0 Å². The highest BCUT2D eigenvalue weighted by atomic mass is 16.5. The first kappa shape index (κ1) is 22.6. The fourth-order valence-corrected chi connectivity index (χ4v) is 4.96. The number of H-pyrrole nitrogens is 1. The van der Waals surface area contributed by atoms with Crippen molar-refractivity contribution < 1.29 is 24.2 Å². The van der Waals surface area contributed by atoms with Gasteiger partial charge in [-0.25, -0.2) is 0 Å². The Hall–Kier alpha value is -3.14. The molecule has 0 aliphatic carbocycles. The lowest BCUT2D eigenvalue weighted by atomic mass is 10.0. The summed E-state index contributed by atoms with van der Waals surface area (Å²) in [4.78, 5) is 33.2. The number of aromatic amines is 1. The second kappa shape index (κ2) is 9.25. The number of nitrogens with one attached hydrogen (secondary N) is 2. The van der Waals surface area contributed by atoms with E-state index >= 15 is 0 Å². The molecule has 3 aliphatic rings. The van der Waals surface area contributed by atoms with E-state index in [2.05, 4.69) is 15.2 Å². The molecule has 0 bridgehead atoms. The molecule has 0 radical (unpaired) electrons. The van der Waals surface area contributed by atoms with E-state index < -0.39 is 6.10 Å². The van der Waals surface area contributed by atoms with E-state index in [9.17, 15) is 14.7 Å². The zero-order chi connectivity index (χ0) is 23.8. The third kappa shape index (κ3) is 4.22. The van der Waals surface area contributed by atoms with Gasteiger partial charge in [-0.15, -0.1) is 0 Å². The van der Waals surface area contributed by atoms with Crippen LogP contribution in [0.5, 0.6) is 5.75 Å². The molecular weight excluding hydrogens is 436 g/mol. The minimum atomic E-state index is -0.613. The third-order valence-corrected chi connectivity index (χ3v) is 6.80. The third-order valence-electron chi connectivity index (χ3n) is 6.80. The van der Waals surface area contributed by atoms with Crippen molar-refractivity contribution in [3.8, 4) is 5.75 Å². The molecular formula is C25H30N4O5. The number of amides is 2. The van der Waals surface area contributed by atoms with Gasteiger partial charge < -0.3 is 29.8 Å². The fraction of sp³-hybridized carbons (Fsp3) is 0.440. The van der Waals surface area contributed by atoms with E-state index in [1.54, 1.807) is 24.2 Å². The monoisotopic (exact) mass is 466 g/mol. The molecule has 180 valence electrons. The summed E-state index contributed by atoms with van der Waals surface area (Å²) in [6, 6.07) is 5.46. The highest BCUT2D eigenvalue weighted by Crippen LogP contribution is 2.36. The summed E-state index contributed by atoms with van der Waals surface area (Å²) in [6.45, 7) is 6.21. The van der Waals surface area contributed by atoms with Crippen molar-refractivity contribution in [3.63, 3.8) is 0 Å². The zero-order valence-corrected chi connectivity index (χ0v) is 19.5. The quantitative estimate of drug-likeness (QED) is 0.558. The van der Waals surface area contributed by atoms with E-state index in [0.29, 0.717) is 56.2 Å². The number of ether oxygens (including phenoxy) is 2. The summed E-state index contributed by atoms with van der Waals surface area (Å²) in [7, 11) is 1.59. The maximum Gasteiger partial charge on any atom is 0.256 e. The van der Waals surface area contributed by atoms with Crippen molar-refractivity contribution in [2.24, 2.45) is 0 Å². The number of benzene rings is 1. The van der Waals surface area contributed by atoms with Gasteiger partial charge in [-0.05, 0) is 36.8 Å². The number of fused-ring (bicyclic) bond motifs is 2. The SMILES string of the molecule is COc1ccc2c(c1)C(=Cc1[nH]c3c(c1C)C(=O)N(CC(O)CN1CCOCC1)CC3)C(=O)N2. The molecule has 2 amide bonds. The summed E-state index contributed by atoms with van der Waals surface area (Å²) < 4.78 is 10.7. The van der Waals surface area contributed by atoms with Gasteiger partial charge >= 0.3 is 0 Å². The average Bonchev–Trinajstić information content (AvgIpc) is 3.32. The van der Waals surface area contributed by atoms with Gasteiger partial charge in [0.1, 0.15) is 5.75 Å². The first-order chi connectivity index (χ1) is 16.4. The first-order valence-corrected chi connectivity index (χ1v) is 11.6. The number of β-amino-alcohol motifs (C(OH)–C–C–N with tert-alkyl or cyclic N) is 1. The predicted molar refractivity (Wildman–Crippen MR) is 128 cm³/mol. The van der Waals surface area contributed by atoms with Gasteiger partial charge in [0.25, 0.3) is 11.8 Å². The molecule has 1 saturated heterocycles. The van der Waals surface area contributed by atoms with Crippen molar-refractivity contribution in [3.05, 3.63) is 46.3 Å². The van der Waals surface area contributed by atoms with Crippen molar-refractivity contribution in [2.45, 2.75) is 19.4 Å². The Morgan fingerprint density at radius 2 is 2.00 bits per heavy atom. The van der Waals surface area contributed by atoms with E-state index in [0.717, 1.165) is 41.3 Å². The molecule has 1 aromatic carbocycles. The molecule has 3 aliphatic heterocycles. The van der Waals surface area contributed by atoms with Crippen LogP contribution in [0, 0.1) is 6.92 Å². The van der Waals surface area contributed by atoms with E-state index in [1.807, 2.05) is 19.1 Å². The number of nitrogens with zero attached hydrogens (tertiary/aromatic N) is 2. The van der Waals surface area contributed by atoms with E-state index in [4.69, 9.17) is 9.47 Å². The Labute approximate surface area is 198 Å². The van der Waals surface area contributed by atoms with Gasteiger partial charge in [0.2, 0.25) is 0 Å². The molecule has 9 heteroatoms. The highest BCUT2D eigenvalue weighted by Gasteiger charge is 2.32. The number of hydrogen-bond donors (Lipinski definition) is 3. The van der Waals surface area contributed by atoms with Gasteiger partial charge in [0.15, 0.2) is 0 Å². The van der Waals surface area contributed by atoms with Crippen LogP contribution in [0.15, 0.2) is 18.2 Å². The van der Waals surface area contributed by atoms with Crippen LogP contribution >= 0.6 is 0 Å². The Morgan fingerprint density at radius 3 is 2.76 bits per heavy atom. The van der Waals surface area contributed by atoms with Crippen LogP contribution < -0.4 is 10.1 Å². The number of aliphatic hydroxyl groups is 1. The van der Waals surface area contributed by atoms with Crippen molar-refractivity contribution >= 4 is 29.2 Å². The second-order valence-electron chi connectivity index (χ2n) is 9.01. The normalized spacial score (nSPS) is 20.3. The van der Waals surface area contributed by atoms with Gasteiger partial charge in [0.05, 0.1) is 37.6 Å². The maximum absolute atomic E-state index is 13.3. The number of anilines is 1. The summed E-state index contributed by atoms with van der Waals surface area (Å²) >= 11 is 0. The molecule has 34 heavy (non-hydrogen) atoms. The van der Waals surface area contributed by atoms with Gasteiger partial charge in [-0.3, -0.25) is 14.5 Å². The van der Waals surface area contributed by atoms with Crippen molar-refractivity contribution in [1.29, 1.82) is 0 Å². The summed E-state index contributed by atoms with van der Waals surface area (Å²) in [6.07, 6.45) is 1.86. The smallest absolute Gasteiger partial charge is 0.256 e. The zero-order valence-electron chi connectivity index (χ0n) is 19.5. The molecule has 5 rings (SSSR count). The highest BCUT2D eigenvalue weighted by molar-refractivity contribution is 6.35. The lowest BCUT2D eigenvalue weighted by Crippen LogP contribution is -2.47. The Balaban J connectivity index is 1.36. The Bertz CT molecular complexity index is 1150. The largest absolute Gasteiger partial charge is 0.497 e. The number of aliphatic hydroxyl groups excluding tert-OH is 1. The van der Waals surface area contributed by atoms with Crippen LogP contribution in [0.3, 0.4) is 0 Å². The summed E-state index contributed by atoms with van der Waals surface area (Å²) in [5.74, 6) is 0.401. The topological polar surface area (TPSA) is 107 Å². The van der Waals surface area contributed by atoms with Gasteiger partial charge in [0, 0.05) is 61.8 Å². The van der Waals surface area contributed by atoms with Crippen molar-refractivity contribution in [1.82, 2.24) is 14.8 Å². The average molecular weight is 467 g/mol. The van der Waals surface area contributed by atoms with Crippen LogP contribution in [0.1, 0.15) is 32.9 Å². The molecule has 1 unspecified atom stereocenters. The number of carbonyl (C=O) groups excluding carboxylic acids is 2. The molecule has 1 fully saturated rings. The molecule has 9 nitrogen and oxygen atoms in total. The lowest BCUT2D eigenvalue weighted by molar-refractivity contribution is -0.110. The molecule has 3 N–H and O–H groups in total. The summed E-state index contributed by atoms with van der Waals surface area (Å²) in [5, 5.41) is 13.5. The number of carbonyl (C=O) groups is 2. The summed E-state index contributed by atoms with van der Waals surface area (Å²) in [5.41, 5.74) is 5.11. The molecule has 0 spiro atoms. The van der Waals surface area contributed by atoms with Crippen LogP contribution in [-0.2, 0) is 16.0 Å². The standard InChI is InChI=1S/C25H30N4O5/c1-15-22(12-19-18-11-17(33-2)3-4-20(18)27-24(19)31)26-21-5-6-29(25(32)23(15)21)14-16(30)13-28-7-9-34-10-8-28/h3-4,11-12,16,26,30H,5-10,13-14H2,1-2H3,(H,27,31).